The van der Waals surface area contributed by atoms with E-state index in [4.69, 9.17) is 5.73 Å². The van der Waals surface area contributed by atoms with Gasteiger partial charge in [-0.3, -0.25) is 9.59 Å². The van der Waals surface area contributed by atoms with Crippen molar-refractivity contribution >= 4 is 34.5 Å². The maximum absolute atomic E-state index is 12.0. The molecule has 0 radical (unpaired) electrons. The highest BCUT2D eigenvalue weighted by molar-refractivity contribution is 7.10. The third-order valence-corrected chi connectivity index (χ3v) is 3.64. The average Bonchev–Trinajstić information content (AvgIpc) is 2.94. The number of nitrogens with two attached hydrogens (primary N) is 1. The van der Waals surface area contributed by atoms with E-state index in [9.17, 15) is 9.59 Å². The summed E-state index contributed by atoms with van der Waals surface area (Å²) < 4.78 is 0. The predicted octanol–water partition coefficient (Wildman–Crippen LogP) is 2.22. The van der Waals surface area contributed by atoms with E-state index in [0.29, 0.717) is 24.3 Å². The zero-order chi connectivity index (χ0) is 15.1. The van der Waals surface area contributed by atoms with Crippen molar-refractivity contribution in [2.45, 2.75) is 12.8 Å². The number of carbonyl (C=O) groups excluding carboxylic acids is 2. The van der Waals surface area contributed by atoms with E-state index in [2.05, 4.69) is 10.6 Å². The first kappa shape index (κ1) is 15.2. The molecule has 0 aliphatic rings. The monoisotopic (exact) mass is 303 g/mol. The molecular weight excluding hydrogens is 286 g/mol. The summed E-state index contributed by atoms with van der Waals surface area (Å²) in [7, 11) is 0. The number of benzene rings is 1. The van der Waals surface area contributed by atoms with Gasteiger partial charge in [0.15, 0.2) is 0 Å². The summed E-state index contributed by atoms with van der Waals surface area (Å²) in [5, 5.41) is 7.50. The number of anilines is 2. The van der Waals surface area contributed by atoms with Crippen LogP contribution in [0.4, 0.5) is 11.4 Å². The van der Waals surface area contributed by atoms with Gasteiger partial charge in [0, 0.05) is 17.8 Å². The van der Waals surface area contributed by atoms with Crippen LogP contribution in [0.3, 0.4) is 0 Å². The van der Waals surface area contributed by atoms with Gasteiger partial charge in [0.1, 0.15) is 0 Å². The van der Waals surface area contributed by atoms with Crippen LogP contribution in [0.15, 0.2) is 41.8 Å². The molecule has 2 rings (SSSR count). The van der Waals surface area contributed by atoms with Crippen molar-refractivity contribution in [3.05, 3.63) is 46.7 Å². The van der Waals surface area contributed by atoms with Crippen molar-refractivity contribution in [1.82, 2.24) is 0 Å². The van der Waals surface area contributed by atoms with E-state index >= 15 is 0 Å². The Morgan fingerprint density at radius 2 is 1.67 bits per heavy atom. The molecule has 0 atom stereocenters. The molecule has 0 bridgehead atoms. The summed E-state index contributed by atoms with van der Waals surface area (Å²) in [6, 6.07) is 10.9. The Hall–Kier alpha value is -2.18. The standard InChI is InChI=1S/C15H17N3O2S/c16-8-7-14(19)17-12-5-1-2-6-13(12)18-15(20)10-11-4-3-9-21-11/h1-6,9H,7-8,10,16H2,(H,17,19)(H,18,20). The average molecular weight is 303 g/mol. The van der Waals surface area contributed by atoms with Gasteiger partial charge in [-0.15, -0.1) is 11.3 Å². The molecule has 110 valence electrons. The van der Waals surface area contributed by atoms with Crippen LogP contribution in [0.25, 0.3) is 0 Å². The van der Waals surface area contributed by atoms with Gasteiger partial charge in [-0.2, -0.15) is 0 Å². The van der Waals surface area contributed by atoms with Gasteiger partial charge in [0.2, 0.25) is 11.8 Å². The number of hydrogen-bond donors (Lipinski definition) is 3. The molecule has 0 unspecified atom stereocenters. The third kappa shape index (κ3) is 4.70. The van der Waals surface area contributed by atoms with Gasteiger partial charge >= 0.3 is 0 Å². The molecule has 1 aromatic heterocycles. The minimum atomic E-state index is -0.169. The minimum Gasteiger partial charge on any atom is -0.330 e. The molecule has 2 amide bonds. The molecule has 0 spiro atoms. The second kappa shape index (κ2) is 7.56. The van der Waals surface area contributed by atoms with E-state index < -0.39 is 0 Å². The van der Waals surface area contributed by atoms with E-state index in [0.717, 1.165) is 4.88 Å². The molecular formula is C15H17N3O2S. The number of hydrogen-bond acceptors (Lipinski definition) is 4. The second-order valence-corrected chi connectivity index (χ2v) is 5.47. The van der Waals surface area contributed by atoms with Crippen molar-refractivity contribution in [3.63, 3.8) is 0 Å². The number of thiophene rings is 1. The Kier molecular flexibility index (Phi) is 5.48. The Bertz CT molecular complexity index is 611. The lowest BCUT2D eigenvalue weighted by Gasteiger charge is -2.11. The maximum atomic E-state index is 12.0. The van der Waals surface area contributed by atoms with E-state index in [1.165, 1.54) is 11.3 Å². The first-order valence-electron chi connectivity index (χ1n) is 6.60. The third-order valence-electron chi connectivity index (χ3n) is 2.76. The molecule has 0 saturated heterocycles. The van der Waals surface area contributed by atoms with Gasteiger partial charge in [-0.25, -0.2) is 0 Å². The lowest BCUT2D eigenvalue weighted by Crippen LogP contribution is -2.19. The van der Waals surface area contributed by atoms with Crippen molar-refractivity contribution in [2.75, 3.05) is 17.2 Å². The van der Waals surface area contributed by atoms with E-state index in [1.807, 2.05) is 17.5 Å². The summed E-state index contributed by atoms with van der Waals surface area (Å²) in [4.78, 5) is 24.6. The fourth-order valence-corrected chi connectivity index (χ4v) is 2.51. The SMILES string of the molecule is NCCC(=O)Nc1ccccc1NC(=O)Cc1cccs1. The van der Waals surface area contributed by atoms with Crippen molar-refractivity contribution in [3.8, 4) is 0 Å². The molecule has 0 aliphatic carbocycles. The van der Waals surface area contributed by atoms with Crippen LogP contribution in [0.5, 0.6) is 0 Å². The predicted molar refractivity (Wildman–Crippen MR) is 85.4 cm³/mol. The van der Waals surface area contributed by atoms with Gasteiger partial charge in [-0.1, -0.05) is 18.2 Å². The topological polar surface area (TPSA) is 84.2 Å². The van der Waals surface area contributed by atoms with Crippen molar-refractivity contribution in [2.24, 2.45) is 5.73 Å². The fraction of sp³-hybridized carbons (Fsp3) is 0.200. The van der Waals surface area contributed by atoms with Crippen LogP contribution in [0, 0.1) is 0 Å². The van der Waals surface area contributed by atoms with Gasteiger partial charge in [0.05, 0.1) is 17.8 Å². The molecule has 1 aromatic carbocycles. The zero-order valence-corrected chi connectivity index (χ0v) is 12.3. The van der Waals surface area contributed by atoms with Gasteiger partial charge in [0.25, 0.3) is 0 Å². The Morgan fingerprint density at radius 1 is 1.00 bits per heavy atom. The highest BCUT2D eigenvalue weighted by Gasteiger charge is 2.09. The normalized spacial score (nSPS) is 10.1. The Labute approximate surface area is 127 Å². The van der Waals surface area contributed by atoms with Crippen LogP contribution in [-0.4, -0.2) is 18.4 Å². The number of amides is 2. The fourth-order valence-electron chi connectivity index (χ4n) is 1.81. The zero-order valence-electron chi connectivity index (χ0n) is 11.5. The van der Waals surface area contributed by atoms with Gasteiger partial charge in [-0.05, 0) is 23.6 Å². The largest absolute Gasteiger partial charge is 0.330 e. The highest BCUT2D eigenvalue weighted by Crippen LogP contribution is 2.21. The number of para-hydroxylation sites is 2. The molecule has 1 heterocycles. The molecule has 0 saturated carbocycles. The molecule has 0 fully saturated rings. The van der Waals surface area contributed by atoms with Crippen LogP contribution in [-0.2, 0) is 16.0 Å². The first-order valence-corrected chi connectivity index (χ1v) is 7.48. The summed E-state index contributed by atoms with van der Waals surface area (Å²) in [5.74, 6) is -0.282. The lowest BCUT2D eigenvalue weighted by atomic mass is 10.2. The number of nitrogens with one attached hydrogen (secondary N) is 2. The number of carbonyl (C=O) groups is 2. The lowest BCUT2D eigenvalue weighted by molar-refractivity contribution is -0.116. The molecule has 4 N–H and O–H groups in total. The molecule has 0 aliphatic heterocycles. The first-order chi connectivity index (χ1) is 10.2. The molecule has 2 aromatic rings. The number of rotatable bonds is 6. The second-order valence-electron chi connectivity index (χ2n) is 4.44. The highest BCUT2D eigenvalue weighted by atomic mass is 32.1. The summed E-state index contributed by atoms with van der Waals surface area (Å²) in [5.41, 5.74) is 6.51. The summed E-state index contributed by atoms with van der Waals surface area (Å²) in [6.07, 6.45) is 0.570. The Morgan fingerprint density at radius 3 is 2.24 bits per heavy atom. The van der Waals surface area contributed by atoms with E-state index in [-0.39, 0.29) is 18.2 Å². The molecule has 21 heavy (non-hydrogen) atoms. The molecule has 5 nitrogen and oxygen atoms in total. The quantitative estimate of drug-likeness (QED) is 0.765. The van der Waals surface area contributed by atoms with Gasteiger partial charge < -0.3 is 16.4 Å². The van der Waals surface area contributed by atoms with Crippen LogP contribution in [0.2, 0.25) is 0 Å². The van der Waals surface area contributed by atoms with E-state index in [1.54, 1.807) is 24.3 Å². The minimum absolute atomic E-state index is 0.113. The van der Waals surface area contributed by atoms with Crippen LogP contribution in [0.1, 0.15) is 11.3 Å². The van der Waals surface area contributed by atoms with Crippen molar-refractivity contribution < 1.29 is 9.59 Å². The van der Waals surface area contributed by atoms with Crippen LogP contribution >= 0.6 is 11.3 Å². The smallest absolute Gasteiger partial charge is 0.229 e. The Balaban J connectivity index is 2.02. The molecule has 6 heteroatoms. The summed E-state index contributed by atoms with van der Waals surface area (Å²) in [6.45, 7) is 0.290. The van der Waals surface area contributed by atoms with Crippen molar-refractivity contribution in [1.29, 1.82) is 0 Å². The van der Waals surface area contributed by atoms with Crippen LogP contribution < -0.4 is 16.4 Å². The summed E-state index contributed by atoms with van der Waals surface area (Å²) >= 11 is 1.54. The maximum Gasteiger partial charge on any atom is 0.229 e.